The number of nitrogens with zero attached hydrogens (tertiary/aromatic N) is 2. The van der Waals surface area contributed by atoms with Gasteiger partial charge in [0.2, 0.25) is 0 Å². The van der Waals surface area contributed by atoms with Gasteiger partial charge < -0.3 is 10.0 Å². The third-order valence-corrected chi connectivity index (χ3v) is 11.6. The molecule has 1 N–H and O–H groups in total. The minimum atomic E-state index is -4.14. The van der Waals surface area contributed by atoms with Crippen LogP contribution in [0.3, 0.4) is 0 Å². The van der Waals surface area contributed by atoms with Crippen LogP contribution in [0.1, 0.15) is 219 Å². The molecule has 0 radical (unpaired) electrons. The van der Waals surface area contributed by atoms with E-state index in [1.807, 2.05) is 4.90 Å². The fourth-order valence-electron chi connectivity index (χ4n) is 7.41. The van der Waals surface area contributed by atoms with Crippen LogP contribution in [0.15, 0.2) is 4.99 Å². The van der Waals surface area contributed by atoms with Gasteiger partial charge in [-0.25, -0.2) is 8.37 Å². The molecule has 50 heavy (non-hydrogen) atoms. The van der Waals surface area contributed by atoms with E-state index in [0.29, 0.717) is 13.0 Å². The van der Waals surface area contributed by atoms with Crippen LogP contribution in [-0.2, 0) is 18.8 Å². The highest BCUT2D eigenvalue weighted by Gasteiger charge is 2.28. The van der Waals surface area contributed by atoms with E-state index in [2.05, 4.69) is 18.8 Å². The normalized spacial score (nSPS) is 14.6. The van der Waals surface area contributed by atoms with Crippen molar-refractivity contribution in [3.63, 3.8) is 0 Å². The molecule has 0 bridgehead atoms. The van der Waals surface area contributed by atoms with E-state index in [1.54, 1.807) is 6.34 Å². The van der Waals surface area contributed by atoms with E-state index in [9.17, 15) is 13.5 Å². The first-order valence-corrected chi connectivity index (χ1v) is 23.3. The van der Waals surface area contributed by atoms with Crippen molar-refractivity contribution in [2.45, 2.75) is 225 Å². The summed E-state index contributed by atoms with van der Waals surface area (Å²) in [5.41, 5.74) is 0. The number of aliphatic imine (C=N–C) groups is 1. The number of unbranched alkanes of at least 4 members (excludes halogenated alkanes) is 27. The molecular weight excluding hydrogens is 645 g/mol. The SMILES string of the molecule is CCCCCCCCCCCCCCCCCC(CCCCCCCCCCCCCCCC)C(CCO)OS(=O)(=O)OCCN1C=NCC1. The summed E-state index contributed by atoms with van der Waals surface area (Å²) in [6.07, 6.45) is 42.0. The van der Waals surface area contributed by atoms with Gasteiger partial charge in [-0.1, -0.05) is 200 Å². The molecule has 298 valence electrons. The monoisotopic (exact) mass is 729 g/mol. The van der Waals surface area contributed by atoms with Gasteiger partial charge in [0.1, 0.15) is 0 Å². The Morgan fingerprint density at radius 1 is 0.600 bits per heavy atom. The Bertz CT molecular complexity index is 840. The average molecular weight is 729 g/mol. The molecule has 0 aromatic carbocycles. The maximum Gasteiger partial charge on any atom is 0.400 e. The number of hydrogen-bond donors (Lipinski definition) is 1. The zero-order valence-electron chi connectivity index (χ0n) is 33.3. The van der Waals surface area contributed by atoms with E-state index < -0.39 is 16.5 Å². The molecule has 1 heterocycles. The summed E-state index contributed by atoms with van der Waals surface area (Å²) in [5.74, 6) is 0.116. The van der Waals surface area contributed by atoms with Crippen molar-refractivity contribution in [2.75, 3.05) is 32.8 Å². The number of aliphatic hydroxyl groups is 1. The highest BCUT2D eigenvalue weighted by molar-refractivity contribution is 7.81. The van der Waals surface area contributed by atoms with Crippen molar-refractivity contribution in [3.05, 3.63) is 0 Å². The third kappa shape index (κ3) is 29.8. The molecule has 0 fully saturated rings. The Labute approximate surface area is 311 Å². The van der Waals surface area contributed by atoms with Gasteiger partial charge in [-0.2, -0.15) is 8.42 Å². The molecule has 2 unspecified atom stereocenters. The molecule has 8 heteroatoms. The summed E-state index contributed by atoms with van der Waals surface area (Å²) in [6, 6.07) is 0. The fourth-order valence-corrected chi connectivity index (χ4v) is 8.30. The second-order valence-electron chi connectivity index (χ2n) is 15.3. The van der Waals surface area contributed by atoms with Crippen LogP contribution in [0.25, 0.3) is 0 Å². The summed E-state index contributed by atoms with van der Waals surface area (Å²) < 4.78 is 36.6. The van der Waals surface area contributed by atoms with Crippen LogP contribution in [0.4, 0.5) is 0 Å². The molecule has 7 nitrogen and oxygen atoms in total. The summed E-state index contributed by atoms with van der Waals surface area (Å²) in [4.78, 5) is 6.12. The first-order valence-electron chi connectivity index (χ1n) is 21.9. The van der Waals surface area contributed by atoms with Crippen molar-refractivity contribution in [1.29, 1.82) is 0 Å². The standard InChI is InChI=1S/C42H84N2O5S/c1-3-5-7-9-11-13-15-17-19-21-23-25-27-29-31-33-41(32-30-28-26-24-22-20-18-16-14-12-10-8-6-4-2)42(34-38-45)49-50(46,47)48-39-37-44-36-35-43-40-44/h40-42,45H,3-39H2,1-2H3. The van der Waals surface area contributed by atoms with Gasteiger partial charge in [-0.05, 0) is 25.2 Å². The Morgan fingerprint density at radius 3 is 1.32 bits per heavy atom. The lowest BCUT2D eigenvalue weighted by molar-refractivity contribution is 0.0733. The Balaban J connectivity index is 2.36. The largest absolute Gasteiger partial charge is 0.400 e. The molecule has 2 atom stereocenters. The van der Waals surface area contributed by atoms with E-state index in [4.69, 9.17) is 8.37 Å². The first-order chi connectivity index (χ1) is 24.5. The van der Waals surface area contributed by atoms with Crippen molar-refractivity contribution >= 4 is 16.7 Å². The van der Waals surface area contributed by atoms with Gasteiger partial charge in [0.15, 0.2) is 0 Å². The van der Waals surface area contributed by atoms with Crippen LogP contribution in [0, 0.1) is 5.92 Å². The third-order valence-electron chi connectivity index (χ3n) is 10.7. The van der Waals surface area contributed by atoms with Gasteiger partial charge in [-0.3, -0.25) is 4.99 Å². The van der Waals surface area contributed by atoms with Crippen molar-refractivity contribution in [1.82, 2.24) is 4.90 Å². The molecule has 1 aliphatic rings. The number of rotatable bonds is 40. The molecule has 1 rings (SSSR count). The van der Waals surface area contributed by atoms with Crippen LogP contribution >= 0.6 is 0 Å². The van der Waals surface area contributed by atoms with Gasteiger partial charge in [0.25, 0.3) is 0 Å². The highest BCUT2D eigenvalue weighted by Crippen LogP contribution is 2.28. The molecule has 0 amide bonds. The molecule has 0 spiro atoms. The second-order valence-corrected chi connectivity index (χ2v) is 16.6. The van der Waals surface area contributed by atoms with Gasteiger partial charge >= 0.3 is 10.4 Å². The first kappa shape index (κ1) is 47.3. The summed E-state index contributed by atoms with van der Waals surface area (Å²) in [5, 5.41) is 9.86. The predicted molar refractivity (Wildman–Crippen MR) is 214 cm³/mol. The quantitative estimate of drug-likeness (QED) is 0.0632. The lowest BCUT2D eigenvalue weighted by Crippen LogP contribution is -2.31. The predicted octanol–water partition coefficient (Wildman–Crippen LogP) is 12.1. The summed E-state index contributed by atoms with van der Waals surface area (Å²) in [6.45, 7) is 6.52. The van der Waals surface area contributed by atoms with E-state index in [-0.39, 0.29) is 19.1 Å². The topological polar surface area (TPSA) is 88.4 Å². The average Bonchev–Trinajstić information content (AvgIpc) is 3.62. The maximum atomic E-state index is 12.8. The Hall–Kier alpha value is -0.700. The molecular formula is C42H84N2O5S. The minimum absolute atomic E-state index is 0.0445. The Morgan fingerprint density at radius 2 is 0.980 bits per heavy atom. The Kier molecular flexibility index (Phi) is 33.4. The highest BCUT2D eigenvalue weighted by atomic mass is 32.3. The smallest absolute Gasteiger partial charge is 0.396 e. The maximum absolute atomic E-state index is 12.8. The molecule has 0 saturated carbocycles. The zero-order chi connectivity index (χ0) is 36.2. The molecule has 0 saturated heterocycles. The van der Waals surface area contributed by atoms with Crippen molar-refractivity contribution in [2.24, 2.45) is 10.9 Å². The molecule has 0 aromatic heterocycles. The van der Waals surface area contributed by atoms with Crippen molar-refractivity contribution < 1.29 is 21.9 Å². The number of hydrogen-bond acceptors (Lipinski definition) is 7. The van der Waals surface area contributed by atoms with Crippen LogP contribution in [0.2, 0.25) is 0 Å². The van der Waals surface area contributed by atoms with Crippen LogP contribution < -0.4 is 0 Å². The minimum Gasteiger partial charge on any atom is -0.396 e. The van der Waals surface area contributed by atoms with E-state index in [0.717, 1.165) is 38.8 Å². The molecule has 0 aromatic rings. The number of aliphatic hydroxyl groups excluding tert-OH is 1. The summed E-state index contributed by atoms with van der Waals surface area (Å²) in [7, 11) is -4.14. The van der Waals surface area contributed by atoms with Crippen LogP contribution in [0.5, 0.6) is 0 Å². The second kappa shape index (κ2) is 35.3. The lowest BCUT2D eigenvalue weighted by atomic mass is 9.88. The zero-order valence-corrected chi connectivity index (χ0v) is 34.1. The summed E-state index contributed by atoms with van der Waals surface area (Å²) >= 11 is 0. The fraction of sp³-hybridized carbons (Fsp3) is 0.976. The van der Waals surface area contributed by atoms with Gasteiger partial charge in [0, 0.05) is 19.7 Å². The van der Waals surface area contributed by atoms with Gasteiger partial charge in [-0.15, -0.1) is 0 Å². The van der Waals surface area contributed by atoms with E-state index >= 15 is 0 Å². The van der Waals surface area contributed by atoms with Crippen LogP contribution in [-0.4, -0.2) is 63.7 Å². The molecule has 0 aliphatic carbocycles. The van der Waals surface area contributed by atoms with Crippen molar-refractivity contribution in [3.8, 4) is 0 Å². The van der Waals surface area contributed by atoms with E-state index in [1.165, 1.54) is 173 Å². The lowest BCUT2D eigenvalue weighted by Gasteiger charge is -2.26. The van der Waals surface area contributed by atoms with Gasteiger partial charge in [0.05, 0.1) is 25.6 Å². The molecule has 1 aliphatic heterocycles.